The topological polar surface area (TPSA) is 64.4 Å². The molecule has 0 aliphatic heterocycles. The molecular weight excluding hydrogens is 256 g/mol. The quantitative estimate of drug-likeness (QED) is 0.669. The van der Waals surface area contributed by atoms with Crippen molar-refractivity contribution in [1.29, 1.82) is 0 Å². The Bertz CT molecular complexity index is 609. The standard InChI is InChI=1S/C15H16N2O3/c1-11-3-4-12(10-16-2)9-15(11)20-14-7-5-13(6-8-14)17(18)19/h3-9,16H,10H2,1-2H3. The van der Waals surface area contributed by atoms with Gasteiger partial charge in [0.1, 0.15) is 11.5 Å². The number of benzene rings is 2. The van der Waals surface area contributed by atoms with E-state index in [0.717, 1.165) is 23.4 Å². The lowest BCUT2D eigenvalue weighted by Crippen LogP contribution is -2.05. The number of nitrogens with one attached hydrogen (secondary N) is 1. The Morgan fingerprint density at radius 2 is 1.90 bits per heavy atom. The van der Waals surface area contributed by atoms with Crippen molar-refractivity contribution in [2.45, 2.75) is 13.5 Å². The molecule has 0 saturated carbocycles. The van der Waals surface area contributed by atoms with Gasteiger partial charge in [0.05, 0.1) is 4.92 Å². The summed E-state index contributed by atoms with van der Waals surface area (Å²) in [5.74, 6) is 1.34. The zero-order chi connectivity index (χ0) is 14.5. The van der Waals surface area contributed by atoms with E-state index in [0.29, 0.717) is 5.75 Å². The fourth-order valence-electron chi connectivity index (χ4n) is 1.83. The zero-order valence-corrected chi connectivity index (χ0v) is 11.4. The third-order valence-electron chi connectivity index (χ3n) is 2.91. The van der Waals surface area contributed by atoms with E-state index < -0.39 is 4.92 Å². The van der Waals surface area contributed by atoms with E-state index in [1.165, 1.54) is 12.1 Å². The Morgan fingerprint density at radius 3 is 2.50 bits per heavy atom. The average Bonchev–Trinajstić information content (AvgIpc) is 2.43. The zero-order valence-electron chi connectivity index (χ0n) is 11.4. The van der Waals surface area contributed by atoms with Crippen molar-refractivity contribution in [2.75, 3.05) is 7.05 Å². The highest BCUT2D eigenvalue weighted by molar-refractivity contribution is 5.42. The highest BCUT2D eigenvalue weighted by Crippen LogP contribution is 2.27. The van der Waals surface area contributed by atoms with Crippen LogP contribution in [0.25, 0.3) is 0 Å². The van der Waals surface area contributed by atoms with Crippen LogP contribution in [0, 0.1) is 17.0 Å². The van der Waals surface area contributed by atoms with Gasteiger partial charge in [0.15, 0.2) is 0 Å². The first kappa shape index (κ1) is 14.0. The Labute approximate surface area is 117 Å². The largest absolute Gasteiger partial charge is 0.457 e. The third-order valence-corrected chi connectivity index (χ3v) is 2.91. The second-order valence-corrected chi connectivity index (χ2v) is 4.48. The molecular formula is C15H16N2O3. The number of hydrogen-bond acceptors (Lipinski definition) is 4. The number of ether oxygens (including phenoxy) is 1. The van der Waals surface area contributed by atoms with E-state index in [4.69, 9.17) is 4.74 Å². The van der Waals surface area contributed by atoms with Gasteiger partial charge >= 0.3 is 0 Å². The van der Waals surface area contributed by atoms with E-state index in [1.54, 1.807) is 12.1 Å². The minimum Gasteiger partial charge on any atom is -0.457 e. The molecule has 5 heteroatoms. The van der Waals surface area contributed by atoms with Gasteiger partial charge in [0.25, 0.3) is 5.69 Å². The second kappa shape index (κ2) is 6.16. The van der Waals surface area contributed by atoms with E-state index in [9.17, 15) is 10.1 Å². The van der Waals surface area contributed by atoms with Crippen LogP contribution < -0.4 is 10.1 Å². The predicted octanol–water partition coefficient (Wildman–Crippen LogP) is 3.41. The molecule has 0 fully saturated rings. The molecule has 2 aromatic rings. The molecule has 104 valence electrons. The number of nitro benzene ring substituents is 1. The van der Waals surface area contributed by atoms with E-state index in [-0.39, 0.29) is 5.69 Å². The maximum Gasteiger partial charge on any atom is 0.269 e. The van der Waals surface area contributed by atoms with Crippen molar-refractivity contribution < 1.29 is 9.66 Å². The van der Waals surface area contributed by atoms with Crippen molar-refractivity contribution in [3.05, 3.63) is 63.7 Å². The Hall–Kier alpha value is -2.40. The van der Waals surface area contributed by atoms with Crippen molar-refractivity contribution in [2.24, 2.45) is 0 Å². The van der Waals surface area contributed by atoms with Crippen LogP contribution in [0.15, 0.2) is 42.5 Å². The lowest BCUT2D eigenvalue weighted by atomic mass is 10.1. The Morgan fingerprint density at radius 1 is 1.20 bits per heavy atom. The summed E-state index contributed by atoms with van der Waals surface area (Å²) in [7, 11) is 1.89. The summed E-state index contributed by atoms with van der Waals surface area (Å²) in [6.07, 6.45) is 0. The van der Waals surface area contributed by atoms with Gasteiger partial charge < -0.3 is 10.1 Å². The predicted molar refractivity (Wildman–Crippen MR) is 77.1 cm³/mol. The van der Waals surface area contributed by atoms with Crippen LogP contribution in [-0.4, -0.2) is 12.0 Å². The molecule has 2 rings (SSSR count). The molecule has 1 N–H and O–H groups in total. The fourth-order valence-corrected chi connectivity index (χ4v) is 1.83. The summed E-state index contributed by atoms with van der Waals surface area (Å²) in [5, 5.41) is 13.7. The maximum atomic E-state index is 10.6. The Balaban J connectivity index is 2.20. The minimum absolute atomic E-state index is 0.0537. The number of rotatable bonds is 5. The van der Waals surface area contributed by atoms with Crippen molar-refractivity contribution >= 4 is 5.69 Å². The maximum absolute atomic E-state index is 10.6. The lowest BCUT2D eigenvalue weighted by Gasteiger charge is -2.10. The number of hydrogen-bond donors (Lipinski definition) is 1. The molecule has 0 atom stereocenters. The lowest BCUT2D eigenvalue weighted by molar-refractivity contribution is -0.384. The number of nitro groups is 1. The first-order chi connectivity index (χ1) is 9.60. The van der Waals surface area contributed by atoms with Crippen molar-refractivity contribution in [1.82, 2.24) is 5.32 Å². The molecule has 0 aromatic heterocycles. The highest BCUT2D eigenvalue weighted by atomic mass is 16.6. The normalized spacial score (nSPS) is 10.3. The smallest absolute Gasteiger partial charge is 0.269 e. The fraction of sp³-hybridized carbons (Fsp3) is 0.200. The van der Waals surface area contributed by atoms with Gasteiger partial charge in [-0.05, 0) is 43.3 Å². The SMILES string of the molecule is CNCc1ccc(C)c(Oc2ccc([N+](=O)[O-])cc2)c1. The summed E-state index contributed by atoms with van der Waals surface area (Å²) < 4.78 is 5.78. The second-order valence-electron chi connectivity index (χ2n) is 4.48. The number of nitrogens with zero attached hydrogens (tertiary/aromatic N) is 1. The van der Waals surface area contributed by atoms with E-state index in [1.807, 2.05) is 32.2 Å². The van der Waals surface area contributed by atoms with Crippen LogP contribution in [0.2, 0.25) is 0 Å². The highest BCUT2D eigenvalue weighted by Gasteiger charge is 2.07. The van der Waals surface area contributed by atoms with E-state index in [2.05, 4.69) is 5.32 Å². The van der Waals surface area contributed by atoms with Gasteiger partial charge in [-0.3, -0.25) is 10.1 Å². The molecule has 5 nitrogen and oxygen atoms in total. The minimum atomic E-state index is -0.428. The average molecular weight is 272 g/mol. The molecule has 0 saturated heterocycles. The van der Waals surface area contributed by atoms with Gasteiger partial charge in [0, 0.05) is 18.7 Å². The van der Waals surface area contributed by atoms with Crippen LogP contribution in [0.4, 0.5) is 5.69 Å². The molecule has 0 bridgehead atoms. The van der Waals surface area contributed by atoms with Gasteiger partial charge in [0.2, 0.25) is 0 Å². The summed E-state index contributed by atoms with van der Waals surface area (Å²) in [5.41, 5.74) is 2.19. The summed E-state index contributed by atoms with van der Waals surface area (Å²) in [4.78, 5) is 10.2. The van der Waals surface area contributed by atoms with Crippen molar-refractivity contribution in [3.8, 4) is 11.5 Å². The summed E-state index contributed by atoms with van der Waals surface area (Å²) in [6.45, 7) is 2.72. The van der Waals surface area contributed by atoms with Gasteiger partial charge in [-0.2, -0.15) is 0 Å². The first-order valence-corrected chi connectivity index (χ1v) is 6.26. The van der Waals surface area contributed by atoms with Gasteiger partial charge in [-0.15, -0.1) is 0 Å². The number of aryl methyl sites for hydroxylation is 1. The monoisotopic (exact) mass is 272 g/mol. The molecule has 2 aromatic carbocycles. The van der Waals surface area contributed by atoms with Crippen LogP contribution in [0.1, 0.15) is 11.1 Å². The molecule has 0 radical (unpaired) electrons. The summed E-state index contributed by atoms with van der Waals surface area (Å²) >= 11 is 0. The van der Waals surface area contributed by atoms with Crippen LogP contribution in [0.3, 0.4) is 0 Å². The van der Waals surface area contributed by atoms with Crippen LogP contribution >= 0.6 is 0 Å². The first-order valence-electron chi connectivity index (χ1n) is 6.26. The molecule has 0 unspecified atom stereocenters. The molecule has 0 spiro atoms. The van der Waals surface area contributed by atoms with Gasteiger partial charge in [-0.25, -0.2) is 0 Å². The van der Waals surface area contributed by atoms with Crippen molar-refractivity contribution in [3.63, 3.8) is 0 Å². The third kappa shape index (κ3) is 3.33. The molecule has 0 aliphatic rings. The van der Waals surface area contributed by atoms with E-state index >= 15 is 0 Å². The van der Waals surface area contributed by atoms with Crippen LogP contribution in [-0.2, 0) is 6.54 Å². The molecule has 0 aliphatic carbocycles. The van der Waals surface area contributed by atoms with Crippen LogP contribution in [0.5, 0.6) is 11.5 Å². The molecule has 20 heavy (non-hydrogen) atoms. The Kier molecular flexibility index (Phi) is 4.32. The summed E-state index contributed by atoms with van der Waals surface area (Å²) in [6, 6.07) is 12.1. The number of non-ortho nitro benzene ring substituents is 1. The van der Waals surface area contributed by atoms with Gasteiger partial charge in [-0.1, -0.05) is 12.1 Å². The molecule has 0 heterocycles. The molecule has 0 amide bonds.